The Hall–Kier alpha value is 2.37. The Morgan fingerprint density at radius 1 is 0.750 bits per heavy atom. The Labute approximate surface area is 84.8 Å². The molecule has 0 unspecified atom stereocenters. The van der Waals surface area contributed by atoms with Crippen molar-refractivity contribution >= 4 is 24.4 Å². The second kappa shape index (κ2) is 18.2. The Morgan fingerprint density at radius 2 is 0.750 bits per heavy atom. The second-order valence-electron chi connectivity index (χ2n) is 0. The van der Waals surface area contributed by atoms with E-state index in [2.05, 4.69) is 0 Å². The average Bonchev–Trinajstić information content (AvgIpc) is 0. The van der Waals surface area contributed by atoms with Crippen LogP contribution in [0.25, 0.3) is 0 Å². The fourth-order valence-corrected chi connectivity index (χ4v) is 0. The minimum atomic E-state index is 0. The van der Waals surface area contributed by atoms with Crippen molar-refractivity contribution in [2.45, 2.75) is 0 Å². The predicted molar refractivity (Wildman–Crippen MR) is 7.13 cm³/mol. The summed E-state index contributed by atoms with van der Waals surface area (Å²) in [6.45, 7) is 0. The van der Waals surface area contributed by atoms with Crippen LogP contribution in [0.3, 0.4) is 0 Å². The number of hydrogen-bond acceptors (Lipinski definition) is 0. The van der Waals surface area contributed by atoms with Gasteiger partial charge in [0.2, 0.25) is 0 Å². The first-order valence-electron chi connectivity index (χ1n) is 0. The van der Waals surface area contributed by atoms with Crippen LogP contribution in [-0.2, 0) is 11.0 Å². The van der Waals surface area contributed by atoms with Crippen molar-refractivity contribution in [2.75, 3.05) is 0 Å². The molecule has 0 bridgehead atoms. The third-order valence-electron chi connectivity index (χ3n) is 0. The molecule has 0 spiro atoms. The van der Waals surface area contributed by atoms with Gasteiger partial charge in [-0.05, 0) is 0 Å². The monoisotopic (exact) mass is 192 g/mol. The first-order chi connectivity index (χ1) is 0. The summed E-state index contributed by atoms with van der Waals surface area (Å²) in [5.74, 6) is 0. The van der Waals surface area contributed by atoms with E-state index in [4.69, 9.17) is 0 Å². The molecule has 0 aromatic rings. The van der Waals surface area contributed by atoms with Crippen LogP contribution in [0.2, 0.25) is 0 Å². The maximum Gasteiger partial charge on any atom is 3.00 e. The molecule has 0 heterocycles. The molecule has 0 N–H and O–H groups in total. The van der Waals surface area contributed by atoms with Crippen LogP contribution in [0.4, 0.5) is 0 Å². The van der Waals surface area contributed by atoms with E-state index in [-0.39, 0.29) is 86.8 Å². The van der Waals surface area contributed by atoms with E-state index in [1.807, 2.05) is 0 Å². The summed E-state index contributed by atoms with van der Waals surface area (Å²) >= 11 is 0. The van der Waals surface area contributed by atoms with Gasteiger partial charge in [0.1, 0.15) is 0 Å². The van der Waals surface area contributed by atoms with E-state index in [1.165, 1.54) is 0 Å². The van der Waals surface area contributed by atoms with Crippen molar-refractivity contribution in [3.63, 3.8) is 0 Å². The molecule has 2 radical (unpaired) electrons. The zero-order valence-electron chi connectivity index (χ0n) is 2.26. The molecule has 0 aliphatic heterocycles. The van der Waals surface area contributed by atoms with Crippen LogP contribution in [0.5, 0.6) is 0 Å². The number of hydrogen-bond donors (Lipinski definition) is 0. The van der Waals surface area contributed by atoms with Crippen LogP contribution in [0, 0.1) is 0 Å². The quantitative estimate of drug-likeness (QED) is 0.356. The van der Waals surface area contributed by atoms with Gasteiger partial charge in [0, 0.05) is 0 Å². The van der Waals surface area contributed by atoms with Crippen molar-refractivity contribution in [3.8, 4) is 0 Å². The average molecular weight is 193 g/mol. The molecule has 2 nitrogen and oxygen atoms in total. The minimum Gasteiger partial charge on any atom is -2.00 e. The molecule has 0 aliphatic rings. The summed E-state index contributed by atoms with van der Waals surface area (Å²) in [6.07, 6.45) is 0. The van der Waals surface area contributed by atoms with Gasteiger partial charge in [-0.25, -0.2) is 0 Å². The largest absolute Gasteiger partial charge is 3.00 e. The maximum absolute atomic E-state index is 0. The molecule has 0 aromatic carbocycles. The zero-order valence-corrected chi connectivity index (χ0v) is 7.94. The van der Waals surface area contributed by atoms with Crippen LogP contribution >= 0.6 is 0 Å². The van der Waals surface area contributed by atoms with Crippen LogP contribution in [0.15, 0.2) is 0 Å². The maximum atomic E-state index is 0. The van der Waals surface area contributed by atoms with Gasteiger partial charge >= 0.3 is 75.8 Å². The van der Waals surface area contributed by atoms with E-state index in [1.54, 1.807) is 0 Å². The molecule has 0 amide bonds. The summed E-state index contributed by atoms with van der Waals surface area (Å²) in [7, 11) is 0. The minimum absolute atomic E-state index is 0. The van der Waals surface area contributed by atoms with Crippen LogP contribution < -0.4 is 51.4 Å². The molecule has 0 saturated carbocycles. The third-order valence-corrected chi connectivity index (χ3v) is 0. The van der Waals surface area contributed by atoms with Gasteiger partial charge in [0.05, 0.1) is 0 Å². The molecule has 0 aliphatic carbocycles. The van der Waals surface area contributed by atoms with E-state index >= 15 is 0 Å². The Bertz CT molecular complexity index is 6.00. The predicted octanol–water partition coefficient (Wildman–Crippen LogP) is -3.61. The molecule has 0 rings (SSSR count). The van der Waals surface area contributed by atoms with Crippen molar-refractivity contribution in [3.05, 3.63) is 0 Å². The van der Waals surface area contributed by atoms with Crippen LogP contribution in [-0.4, -0.2) is 24.4 Å². The normalized spacial score (nSPS) is 0. The van der Waals surface area contributed by atoms with Gasteiger partial charge in [-0.3, -0.25) is 0 Å². The van der Waals surface area contributed by atoms with E-state index in [0.29, 0.717) is 0 Å². The molecule has 0 saturated heterocycles. The van der Waals surface area contributed by atoms with E-state index in [0.717, 1.165) is 0 Å². The standard InChI is InChI=1S/K.2O.Sb/q+1;2*-2;+3. The molecule has 4 heteroatoms. The molecular formula is KO2Sb. The SMILES string of the molecule is [K+].[O-2].[O-2].[Sb+3]. The molecule has 4 heavy (non-hydrogen) atoms. The summed E-state index contributed by atoms with van der Waals surface area (Å²) in [5, 5.41) is 0. The third kappa shape index (κ3) is 8.83. The van der Waals surface area contributed by atoms with Crippen LogP contribution in [0.1, 0.15) is 0 Å². The summed E-state index contributed by atoms with van der Waals surface area (Å²) in [4.78, 5) is 0. The fourth-order valence-electron chi connectivity index (χ4n) is 0. The second-order valence-corrected chi connectivity index (χ2v) is 0. The van der Waals surface area contributed by atoms with Gasteiger partial charge in [0.25, 0.3) is 0 Å². The van der Waals surface area contributed by atoms with Gasteiger partial charge in [-0.1, -0.05) is 0 Å². The van der Waals surface area contributed by atoms with Gasteiger partial charge in [-0.15, -0.1) is 0 Å². The first kappa shape index (κ1) is 32.7. The Kier molecular flexibility index (Phi) is 149. The van der Waals surface area contributed by atoms with Gasteiger partial charge in [-0.2, -0.15) is 0 Å². The molecule has 0 fully saturated rings. The molecular weight excluding hydrogens is 193 g/mol. The fraction of sp³-hybridized carbons (Fsp3) is 0. The first-order valence-corrected chi connectivity index (χ1v) is 0. The molecule has 0 atom stereocenters. The molecule has 0 aromatic heterocycles. The summed E-state index contributed by atoms with van der Waals surface area (Å²) < 4.78 is 0. The summed E-state index contributed by atoms with van der Waals surface area (Å²) in [6, 6.07) is 0. The number of rotatable bonds is 0. The Balaban J connectivity index is 0. The molecule has 18 valence electrons. The van der Waals surface area contributed by atoms with Gasteiger partial charge in [0.15, 0.2) is 0 Å². The van der Waals surface area contributed by atoms with Crippen molar-refractivity contribution in [1.29, 1.82) is 0 Å². The van der Waals surface area contributed by atoms with Crippen molar-refractivity contribution < 1.29 is 62.3 Å². The Morgan fingerprint density at radius 3 is 0.750 bits per heavy atom. The smallest absolute Gasteiger partial charge is 2.00 e. The topological polar surface area (TPSA) is 57.0 Å². The van der Waals surface area contributed by atoms with Crippen molar-refractivity contribution in [2.24, 2.45) is 0 Å². The van der Waals surface area contributed by atoms with E-state index < -0.39 is 0 Å². The van der Waals surface area contributed by atoms with Crippen molar-refractivity contribution in [1.82, 2.24) is 0 Å². The van der Waals surface area contributed by atoms with E-state index in [9.17, 15) is 0 Å². The zero-order chi connectivity index (χ0) is 0. The van der Waals surface area contributed by atoms with Gasteiger partial charge < -0.3 is 11.0 Å². The summed E-state index contributed by atoms with van der Waals surface area (Å²) in [5.41, 5.74) is 0.